The summed E-state index contributed by atoms with van der Waals surface area (Å²) < 4.78 is 11.1. The monoisotopic (exact) mass is 269 g/mol. The lowest BCUT2D eigenvalue weighted by Gasteiger charge is -2.10. The van der Waals surface area contributed by atoms with Gasteiger partial charge in [-0.25, -0.2) is 0 Å². The highest BCUT2D eigenvalue weighted by Crippen LogP contribution is 2.16. The smallest absolute Gasteiger partial charge is 0.251 e. The number of carbonyl (C=O) groups excluding carboxylic acids is 1. The van der Waals surface area contributed by atoms with Crippen molar-refractivity contribution in [1.29, 1.82) is 0 Å². The molecule has 18 heavy (non-hydrogen) atoms. The zero-order valence-corrected chi connectivity index (χ0v) is 11.7. The molecule has 0 spiro atoms. The normalized spacial score (nSPS) is 13.9. The standard InChI is InChI=1S/C13H19NO3S/c1-9-8-11(4-5-12(9)15)13(16)14-7-6-10(2)18(3)17/h4-5,8,10,15H,6-7H2,1-3H3,(H,14,16). The fourth-order valence-electron chi connectivity index (χ4n) is 1.45. The van der Waals surface area contributed by atoms with Gasteiger partial charge in [0.2, 0.25) is 0 Å². The van der Waals surface area contributed by atoms with Crippen molar-refractivity contribution in [1.82, 2.24) is 5.32 Å². The largest absolute Gasteiger partial charge is 0.508 e. The number of aryl methyl sites for hydroxylation is 1. The van der Waals surface area contributed by atoms with Crippen molar-refractivity contribution in [3.8, 4) is 5.75 Å². The third-order valence-corrected chi connectivity index (χ3v) is 4.23. The molecule has 0 heterocycles. The van der Waals surface area contributed by atoms with Crippen LogP contribution in [0.25, 0.3) is 0 Å². The molecule has 1 aromatic rings. The number of phenols is 1. The molecule has 5 heteroatoms. The minimum absolute atomic E-state index is 0.0758. The topological polar surface area (TPSA) is 66.4 Å². The first kappa shape index (κ1) is 14.7. The molecule has 0 aromatic heterocycles. The second kappa shape index (κ2) is 6.54. The van der Waals surface area contributed by atoms with Gasteiger partial charge in [0.15, 0.2) is 0 Å². The number of aromatic hydroxyl groups is 1. The molecule has 0 aliphatic carbocycles. The summed E-state index contributed by atoms with van der Waals surface area (Å²) in [4.78, 5) is 11.8. The van der Waals surface area contributed by atoms with Crippen LogP contribution in [0.5, 0.6) is 5.75 Å². The molecule has 2 atom stereocenters. The number of rotatable bonds is 5. The zero-order chi connectivity index (χ0) is 13.7. The molecule has 1 rings (SSSR count). The second-order valence-electron chi connectivity index (χ2n) is 4.36. The van der Waals surface area contributed by atoms with E-state index < -0.39 is 10.8 Å². The molecular formula is C13H19NO3S. The Morgan fingerprint density at radius 2 is 2.17 bits per heavy atom. The van der Waals surface area contributed by atoms with E-state index in [0.29, 0.717) is 24.1 Å². The second-order valence-corrected chi connectivity index (χ2v) is 6.16. The van der Waals surface area contributed by atoms with Gasteiger partial charge in [-0.15, -0.1) is 0 Å². The number of phenolic OH excluding ortho intramolecular Hbond substituents is 1. The molecule has 2 N–H and O–H groups in total. The van der Waals surface area contributed by atoms with Crippen molar-refractivity contribution in [2.24, 2.45) is 0 Å². The molecule has 1 aromatic carbocycles. The highest BCUT2D eigenvalue weighted by molar-refractivity contribution is 7.84. The number of hydrogen-bond acceptors (Lipinski definition) is 3. The van der Waals surface area contributed by atoms with E-state index in [1.165, 1.54) is 6.07 Å². The molecule has 0 saturated carbocycles. The summed E-state index contributed by atoms with van der Waals surface area (Å²) in [6, 6.07) is 4.74. The quantitative estimate of drug-likeness (QED) is 0.853. The van der Waals surface area contributed by atoms with Crippen LogP contribution in [-0.4, -0.2) is 33.3 Å². The molecule has 0 fully saturated rings. The summed E-state index contributed by atoms with van der Waals surface area (Å²) in [6.07, 6.45) is 2.35. The van der Waals surface area contributed by atoms with E-state index in [4.69, 9.17) is 0 Å². The number of carbonyl (C=O) groups is 1. The molecule has 2 unspecified atom stereocenters. The minimum Gasteiger partial charge on any atom is -0.508 e. The van der Waals surface area contributed by atoms with E-state index in [-0.39, 0.29) is 16.9 Å². The summed E-state index contributed by atoms with van der Waals surface area (Å²) in [5.74, 6) is 0.00809. The van der Waals surface area contributed by atoms with Crippen LogP contribution in [0.2, 0.25) is 0 Å². The maximum absolute atomic E-state index is 11.8. The van der Waals surface area contributed by atoms with Crippen molar-refractivity contribution in [3.63, 3.8) is 0 Å². The van der Waals surface area contributed by atoms with Gasteiger partial charge < -0.3 is 10.4 Å². The van der Waals surface area contributed by atoms with E-state index in [2.05, 4.69) is 5.32 Å². The van der Waals surface area contributed by atoms with Crippen LogP contribution in [0.4, 0.5) is 0 Å². The van der Waals surface area contributed by atoms with E-state index >= 15 is 0 Å². The number of hydrogen-bond donors (Lipinski definition) is 2. The Bertz CT molecular complexity index is 460. The van der Waals surface area contributed by atoms with Gasteiger partial charge in [-0.3, -0.25) is 9.00 Å². The SMILES string of the molecule is Cc1cc(C(=O)NCCC(C)S(C)=O)ccc1O. The first-order valence-corrected chi connectivity index (χ1v) is 7.44. The Kier molecular flexibility index (Phi) is 5.34. The molecular weight excluding hydrogens is 250 g/mol. The van der Waals surface area contributed by atoms with Crippen LogP contribution >= 0.6 is 0 Å². The van der Waals surface area contributed by atoms with Crippen LogP contribution < -0.4 is 5.32 Å². The highest BCUT2D eigenvalue weighted by Gasteiger charge is 2.09. The fourth-order valence-corrected chi connectivity index (χ4v) is 1.90. The first-order chi connectivity index (χ1) is 8.41. The van der Waals surface area contributed by atoms with Gasteiger partial charge in [-0.2, -0.15) is 0 Å². The van der Waals surface area contributed by atoms with Gasteiger partial charge >= 0.3 is 0 Å². The van der Waals surface area contributed by atoms with Gasteiger partial charge in [0, 0.05) is 34.4 Å². The van der Waals surface area contributed by atoms with Crippen molar-refractivity contribution < 1.29 is 14.1 Å². The van der Waals surface area contributed by atoms with Crippen molar-refractivity contribution >= 4 is 16.7 Å². The summed E-state index contributed by atoms with van der Waals surface area (Å²) in [5.41, 5.74) is 1.20. The Labute approximate surface area is 110 Å². The molecule has 1 amide bonds. The summed E-state index contributed by atoms with van der Waals surface area (Å²) in [7, 11) is -0.861. The molecule has 0 bridgehead atoms. The van der Waals surface area contributed by atoms with Gasteiger partial charge in [0.25, 0.3) is 5.91 Å². The van der Waals surface area contributed by atoms with Crippen molar-refractivity contribution in [2.75, 3.05) is 12.8 Å². The average Bonchev–Trinajstić information content (AvgIpc) is 2.32. The van der Waals surface area contributed by atoms with Crippen LogP contribution in [0, 0.1) is 6.92 Å². The van der Waals surface area contributed by atoms with Gasteiger partial charge in [-0.1, -0.05) is 6.92 Å². The fraction of sp³-hybridized carbons (Fsp3) is 0.462. The van der Waals surface area contributed by atoms with E-state index in [1.807, 2.05) is 6.92 Å². The van der Waals surface area contributed by atoms with Gasteiger partial charge in [0.1, 0.15) is 5.75 Å². The lowest BCUT2D eigenvalue weighted by molar-refractivity contribution is 0.0953. The Balaban J connectivity index is 2.50. The van der Waals surface area contributed by atoms with Crippen molar-refractivity contribution in [3.05, 3.63) is 29.3 Å². The maximum atomic E-state index is 11.8. The maximum Gasteiger partial charge on any atom is 0.251 e. The molecule has 100 valence electrons. The number of nitrogens with one attached hydrogen (secondary N) is 1. The average molecular weight is 269 g/mol. The molecule has 4 nitrogen and oxygen atoms in total. The van der Waals surface area contributed by atoms with E-state index in [0.717, 1.165) is 0 Å². The molecule has 0 aliphatic heterocycles. The number of amides is 1. The van der Waals surface area contributed by atoms with E-state index in [9.17, 15) is 14.1 Å². The molecule has 0 saturated heterocycles. The van der Waals surface area contributed by atoms with Crippen LogP contribution in [0.15, 0.2) is 18.2 Å². The van der Waals surface area contributed by atoms with Crippen molar-refractivity contribution in [2.45, 2.75) is 25.5 Å². The molecule has 0 radical (unpaired) electrons. The Hall–Kier alpha value is -1.36. The zero-order valence-electron chi connectivity index (χ0n) is 10.9. The highest BCUT2D eigenvalue weighted by atomic mass is 32.2. The van der Waals surface area contributed by atoms with Gasteiger partial charge in [-0.05, 0) is 37.1 Å². The minimum atomic E-state index is -0.861. The van der Waals surface area contributed by atoms with Crippen LogP contribution in [0.1, 0.15) is 29.3 Å². The third-order valence-electron chi connectivity index (χ3n) is 2.86. The van der Waals surface area contributed by atoms with E-state index in [1.54, 1.807) is 25.3 Å². The third kappa shape index (κ3) is 4.14. The lowest BCUT2D eigenvalue weighted by Crippen LogP contribution is -2.27. The van der Waals surface area contributed by atoms with Crippen LogP contribution in [-0.2, 0) is 10.8 Å². The summed E-state index contributed by atoms with van der Waals surface area (Å²) in [5, 5.41) is 12.2. The predicted octanol–water partition coefficient (Wildman–Crippen LogP) is 1.59. The first-order valence-electron chi connectivity index (χ1n) is 5.82. The van der Waals surface area contributed by atoms with Crippen LogP contribution in [0.3, 0.4) is 0 Å². The van der Waals surface area contributed by atoms with Gasteiger partial charge in [0.05, 0.1) is 0 Å². The summed E-state index contributed by atoms with van der Waals surface area (Å²) >= 11 is 0. The Morgan fingerprint density at radius 3 is 2.72 bits per heavy atom. The summed E-state index contributed by atoms with van der Waals surface area (Å²) in [6.45, 7) is 4.14. The number of benzene rings is 1. The Morgan fingerprint density at radius 1 is 1.50 bits per heavy atom. The predicted molar refractivity (Wildman–Crippen MR) is 73.3 cm³/mol. The molecule has 0 aliphatic rings. The lowest BCUT2D eigenvalue weighted by atomic mass is 10.1.